The minimum Gasteiger partial charge on any atom is -0.479 e. The van der Waals surface area contributed by atoms with Crippen molar-refractivity contribution in [3.63, 3.8) is 0 Å². The van der Waals surface area contributed by atoms with Crippen LogP contribution in [0, 0.1) is 0 Å². The molecule has 1 aliphatic rings. The minimum atomic E-state index is -1.10. The average Bonchev–Trinajstić information content (AvgIpc) is 2.84. The molecule has 2 amide bonds. The van der Waals surface area contributed by atoms with E-state index in [0.29, 0.717) is 13.0 Å². The first kappa shape index (κ1) is 15.7. The van der Waals surface area contributed by atoms with Crippen LogP contribution in [0.5, 0.6) is 0 Å². The van der Waals surface area contributed by atoms with Gasteiger partial charge in [0, 0.05) is 26.3 Å². The second-order valence-corrected chi connectivity index (χ2v) is 4.60. The molecule has 0 radical (unpaired) electrons. The molecule has 0 aromatic heterocycles. The van der Waals surface area contributed by atoms with Crippen LogP contribution in [-0.2, 0) is 9.53 Å². The summed E-state index contributed by atoms with van der Waals surface area (Å²) in [7, 11) is 1.30. The summed E-state index contributed by atoms with van der Waals surface area (Å²) in [5, 5.41) is 20.2. The van der Waals surface area contributed by atoms with Crippen LogP contribution in [0.15, 0.2) is 0 Å². The van der Waals surface area contributed by atoms with Gasteiger partial charge in [0.05, 0.1) is 6.54 Å². The smallest absolute Gasteiger partial charge is 0.334 e. The average molecular weight is 274 g/mol. The summed E-state index contributed by atoms with van der Waals surface area (Å²) in [6.45, 7) is 0.747. The molecule has 7 heteroatoms. The van der Waals surface area contributed by atoms with Gasteiger partial charge in [-0.05, 0) is 25.7 Å². The van der Waals surface area contributed by atoms with Crippen molar-refractivity contribution in [2.45, 2.75) is 37.8 Å². The lowest BCUT2D eigenvalue weighted by Gasteiger charge is -2.25. The van der Waals surface area contributed by atoms with Gasteiger partial charge in [-0.3, -0.25) is 0 Å². The Balaban J connectivity index is 2.41. The van der Waals surface area contributed by atoms with Crippen LogP contribution < -0.4 is 5.32 Å². The van der Waals surface area contributed by atoms with Gasteiger partial charge in [0.2, 0.25) is 0 Å². The minimum absolute atomic E-state index is 0.0477. The van der Waals surface area contributed by atoms with E-state index in [4.69, 9.17) is 14.9 Å². The topological polar surface area (TPSA) is 99.1 Å². The van der Waals surface area contributed by atoms with Crippen molar-refractivity contribution in [2.24, 2.45) is 0 Å². The molecular formula is C12H22N2O5. The Morgan fingerprint density at radius 2 is 2.26 bits per heavy atom. The number of carboxylic acid groups (broad SMARTS) is 1. The fraction of sp³-hybridized carbons (Fsp3) is 0.833. The molecule has 0 saturated carbocycles. The first-order valence-electron chi connectivity index (χ1n) is 6.51. The summed E-state index contributed by atoms with van der Waals surface area (Å²) in [5.41, 5.74) is 0. The van der Waals surface area contributed by atoms with E-state index in [2.05, 4.69) is 5.32 Å². The third-order valence-corrected chi connectivity index (χ3v) is 3.33. The number of aliphatic carboxylic acids is 1. The zero-order valence-electron chi connectivity index (χ0n) is 11.2. The number of nitrogens with zero attached hydrogens (tertiary/aromatic N) is 1. The second kappa shape index (κ2) is 7.96. The molecule has 1 saturated heterocycles. The number of methoxy groups -OCH3 is 1. The highest BCUT2D eigenvalue weighted by Gasteiger charge is 2.29. The van der Waals surface area contributed by atoms with E-state index >= 15 is 0 Å². The van der Waals surface area contributed by atoms with Crippen molar-refractivity contribution in [3.05, 3.63) is 0 Å². The largest absolute Gasteiger partial charge is 0.479 e. The van der Waals surface area contributed by atoms with Crippen LogP contribution in [0.25, 0.3) is 0 Å². The molecule has 7 nitrogen and oxygen atoms in total. The van der Waals surface area contributed by atoms with Crippen LogP contribution in [-0.4, -0.2) is 66.1 Å². The lowest BCUT2D eigenvalue weighted by Crippen LogP contribution is -2.46. The Morgan fingerprint density at radius 3 is 2.84 bits per heavy atom. The van der Waals surface area contributed by atoms with Crippen LogP contribution >= 0.6 is 0 Å². The Labute approximate surface area is 112 Å². The molecule has 0 aromatic rings. The number of urea groups is 1. The van der Waals surface area contributed by atoms with Crippen molar-refractivity contribution in [3.8, 4) is 0 Å². The maximum atomic E-state index is 12.0. The van der Waals surface area contributed by atoms with Gasteiger partial charge in [0.15, 0.2) is 6.10 Å². The number of aliphatic hydroxyl groups excluding tert-OH is 1. The summed E-state index contributed by atoms with van der Waals surface area (Å²) in [6.07, 6.45) is 2.29. The number of carbonyl (C=O) groups is 2. The van der Waals surface area contributed by atoms with Crippen molar-refractivity contribution in [1.29, 1.82) is 0 Å². The summed E-state index contributed by atoms with van der Waals surface area (Å²) in [4.78, 5) is 24.4. The molecule has 0 aliphatic carbocycles. The van der Waals surface area contributed by atoms with Crippen LogP contribution in [0.1, 0.15) is 25.7 Å². The van der Waals surface area contributed by atoms with Gasteiger partial charge in [-0.1, -0.05) is 0 Å². The fourth-order valence-electron chi connectivity index (χ4n) is 2.28. The van der Waals surface area contributed by atoms with Crippen molar-refractivity contribution in [2.75, 3.05) is 26.8 Å². The molecule has 1 aliphatic heterocycles. The van der Waals surface area contributed by atoms with Gasteiger partial charge in [0.25, 0.3) is 0 Å². The van der Waals surface area contributed by atoms with Gasteiger partial charge in [-0.25, -0.2) is 9.59 Å². The predicted molar refractivity (Wildman–Crippen MR) is 67.9 cm³/mol. The highest BCUT2D eigenvalue weighted by atomic mass is 16.5. The number of hydrogen-bond acceptors (Lipinski definition) is 4. The molecule has 3 N–H and O–H groups in total. The number of amides is 2. The number of carboxylic acids is 1. The zero-order chi connectivity index (χ0) is 14.3. The molecule has 1 fully saturated rings. The highest BCUT2D eigenvalue weighted by Crippen LogP contribution is 2.21. The van der Waals surface area contributed by atoms with E-state index in [1.807, 2.05) is 0 Å². The fourth-order valence-corrected chi connectivity index (χ4v) is 2.28. The maximum absolute atomic E-state index is 12.0. The lowest BCUT2D eigenvalue weighted by molar-refractivity contribution is -0.148. The van der Waals surface area contributed by atoms with Gasteiger partial charge in [-0.15, -0.1) is 0 Å². The number of rotatable bonds is 7. The molecule has 2 atom stereocenters. The van der Waals surface area contributed by atoms with E-state index in [0.717, 1.165) is 19.3 Å². The van der Waals surface area contributed by atoms with Crippen molar-refractivity contribution >= 4 is 12.0 Å². The number of ether oxygens (including phenoxy) is 1. The third-order valence-electron chi connectivity index (χ3n) is 3.33. The lowest BCUT2D eigenvalue weighted by atomic mass is 10.1. The van der Waals surface area contributed by atoms with E-state index in [-0.39, 0.29) is 25.2 Å². The van der Waals surface area contributed by atoms with E-state index in [1.165, 1.54) is 7.11 Å². The second-order valence-electron chi connectivity index (χ2n) is 4.60. The van der Waals surface area contributed by atoms with E-state index in [9.17, 15) is 9.59 Å². The zero-order valence-corrected chi connectivity index (χ0v) is 11.2. The Morgan fingerprint density at radius 1 is 1.53 bits per heavy atom. The predicted octanol–water partition coefficient (Wildman–Crippen LogP) is 0.0325. The van der Waals surface area contributed by atoms with Gasteiger partial charge in [0.1, 0.15) is 0 Å². The molecular weight excluding hydrogens is 252 g/mol. The Hall–Kier alpha value is -1.34. The highest BCUT2D eigenvalue weighted by molar-refractivity contribution is 5.77. The summed E-state index contributed by atoms with van der Waals surface area (Å²) >= 11 is 0. The van der Waals surface area contributed by atoms with E-state index in [1.54, 1.807) is 4.90 Å². The number of carbonyl (C=O) groups excluding carboxylic acids is 1. The van der Waals surface area contributed by atoms with E-state index < -0.39 is 12.1 Å². The number of nitrogens with one attached hydrogen (secondary N) is 1. The molecule has 0 aromatic carbocycles. The normalized spacial score (nSPS) is 20.3. The molecule has 1 rings (SSSR count). The number of likely N-dealkylation sites (tertiary alicyclic amines) is 1. The molecule has 110 valence electrons. The van der Waals surface area contributed by atoms with Gasteiger partial charge in [-0.2, -0.15) is 0 Å². The number of hydrogen-bond donors (Lipinski definition) is 3. The van der Waals surface area contributed by atoms with Crippen molar-refractivity contribution < 1.29 is 24.5 Å². The summed E-state index contributed by atoms with van der Waals surface area (Å²) < 4.78 is 4.75. The molecule has 0 bridgehead atoms. The summed E-state index contributed by atoms with van der Waals surface area (Å²) in [5.74, 6) is -1.10. The van der Waals surface area contributed by atoms with Crippen molar-refractivity contribution in [1.82, 2.24) is 10.2 Å². The first-order chi connectivity index (χ1) is 9.10. The molecule has 1 heterocycles. The monoisotopic (exact) mass is 274 g/mol. The standard InChI is InChI=1S/C12H22N2O5/c1-19-10(11(16)17)8-13-12(18)14-6-2-4-9(14)5-3-7-15/h9-10,15H,2-8H2,1H3,(H,13,18)(H,16,17). The molecule has 2 unspecified atom stereocenters. The molecule has 19 heavy (non-hydrogen) atoms. The first-order valence-corrected chi connectivity index (χ1v) is 6.51. The van der Waals surface area contributed by atoms with Gasteiger partial charge >= 0.3 is 12.0 Å². The summed E-state index contributed by atoms with van der Waals surface area (Å²) in [6, 6.07) is -0.123. The Kier molecular flexibility index (Phi) is 6.58. The molecule has 0 spiro atoms. The quantitative estimate of drug-likeness (QED) is 0.608. The Bertz CT molecular complexity index is 310. The maximum Gasteiger partial charge on any atom is 0.334 e. The van der Waals surface area contributed by atoms with Crippen LogP contribution in [0.2, 0.25) is 0 Å². The van der Waals surface area contributed by atoms with Gasteiger partial charge < -0.3 is 25.2 Å². The van der Waals surface area contributed by atoms with Crippen LogP contribution in [0.4, 0.5) is 4.79 Å². The number of aliphatic hydroxyl groups is 1. The van der Waals surface area contributed by atoms with Crippen LogP contribution in [0.3, 0.4) is 0 Å². The SMILES string of the molecule is COC(CNC(=O)N1CCCC1CCCO)C(=O)O. The third kappa shape index (κ3) is 4.68.